The Morgan fingerprint density at radius 3 is 2.62 bits per heavy atom. The van der Waals surface area contributed by atoms with Crippen LogP contribution in [0.3, 0.4) is 0 Å². The van der Waals surface area contributed by atoms with Gasteiger partial charge in [-0.2, -0.15) is 0 Å². The molecule has 112 valence electrons. The third-order valence-corrected chi connectivity index (χ3v) is 3.67. The monoisotopic (exact) mass is 351 g/mol. The summed E-state index contributed by atoms with van der Waals surface area (Å²) in [5.74, 6) is 0.929. The average Bonchev–Trinajstić information content (AvgIpc) is 2.68. The van der Waals surface area contributed by atoms with E-state index in [4.69, 9.17) is 5.73 Å². The Morgan fingerprint density at radius 2 is 2.10 bits per heavy atom. The van der Waals surface area contributed by atoms with Crippen LogP contribution in [-0.4, -0.2) is 9.55 Å². The van der Waals surface area contributed by atoms with Gasteiger partial charge in [0.2, 0.25) is 0 Å². The van der Waals surface area contributed by atoms with Gasteiger partial charge >= 0.3 is 0 Å². The third-order valence-electron chi connectivity index (χ3n) is 3.18. The minimum atomic E-state index is -0.347. The van der Waals surface area contributed by atoms with Crippen LogP contribution in [0.2, 0.25) is 0 Å². The topological polar surface area (TPSA) is 43.8 Å². The van der Waals surface area contributed by atoms with Crippen LogP contribution in [0.5, 0.6) is 0 Å². The van der Waals surface area contributed by atoms with Crippen molar-refractivity contribution in [1.29, 1.82) is 0 Å². The first-order chi connectivity index (χ1) is 9.75. The van der Waals surface area contributed by atoms with Crippen molar-refractivity contribution in [3.63, 3.8) is 0 Å². The Labute approximate surface area is 132 Å². The van der Waals surface area contributed by atoms with Crippen LogP contribution >= 0.6 is 15.9 Å². The number of halogens is 2. The number of hydrogen-bond acceptors (Lipinski definition) is 2. The zero-order chi connectivity index (χ0) is 15.8. The second kappa shape index (κ2) is 5.64. The molecule has 0 radical (unpaired) electrons. The second-order valence-electron chi connectivity index (χ2n) is 5.94. The van der Waals surface area contributed by atoms with Gasteiger partial charge in [0.1, 0.15) is 23.2 Å². The van der Waals surface area contributed by atoms with Gasteiger partial charge in [-0.1, -0.05) is 42.8 Å². The number of imidazole rings is 1. The lowest BCUT2D eigenvalue weighted by Gasteiger charge is -2.19. The summed E-state index contributed by atoms with van der Waals surface area (Å²) in [7, 11) is 0. The maximum atomic E-state index is 14.2. The van der Waals surface area contributed by atoms with Crippen LogP contribution in [-0.2, 0) is 12.0 Å². The summed E-state index contributed by atoms with van der Waals surface area (Å²) >= 11 is 3.25. The van der Waals surface area contributed by atoms with E-state index >= 15 is 0 Å². The lowest BCUT2D eigenvalue weighted by atomic mass is 9.95. The summed E-state index contributed by atoms with van der Waals surface area (Å²) in [6, 6.07) is 4.88. The average molecular weight is 352 g/mol. The van der Waals surface area contributed by atoms with Gasteiger partial charge in [0.15, 0.2) is 0 Å². The summed E-state index contributed by atoms with van der Waals surface area (Å²) in [4.78, 5) is 4.60. The molecule has 2 N–H and O–H groups in total. The van der Waals surface area contributed by atoms with E-state index in [0.29, 0.717) is 28.1 Å². The van der Waals surface area contributed by atoms with Crippen LogP contribution in [0.15, 0.2) is 35.3 Å². The fraction of sp³-hybridized carbons (Fsp3) is 0.312. The van der Waals surface area contributed by atoms with Crippen LogP contribution < -0.4 is 5.73 Å². The first kappa shape index (κ1) is 15.8. The number of nitrogens with zero attached hydrogens (tertiary/aromatic N) is 2. The van der Waals surface area contributed by atoms with E-state index in [9.17, 15) is 4.39 Å². The largest absolute Gasteiger partial charge is 0.383 e. The lowest BCUT2D eigenvalue weighted by Crippen LogP contribution is -2.19. The zero-order valence-corrected chi connectivity index (χ0v) is 14.0. The molecule has 1 heterocycles. The smallest absolute Gasteiger partial charge is 0.133 e. The van der Waals surface area contributed by atoms with Gasteiger partial charge < -0.3 is 10.3 Å². The zero-order valence-electron chi connectivity index (χ0n) is 12.5. The fourth-order valence-corrected chi connectivity index (χ4v) is 2.56. The predicted molar refractivity (Wildman–Crippen MR) is 88.6 cm³/mol. The molecule has 0 saturated carbocycles. The minimum Gasteiger partial charge on any atom is -0.383 e. The van der Waals surface area contributed by atoms with Crippen LogP contribution in [0, 0.1) is 5.82 Å². The molecule has 0 spiro atoms. The van der Waals surface area contributed by atoms with Crippen molar-refractivity contribution in [3.05, 3.63) is 47.0 Å². The summed E-state index contributed by atoms with van der Waals surface area (Å²) in [5.41, 5.74) is 6.89. The fourth-order valence-electron chi connectivity index (χ4n) is 2.23. The SMILES string of the molecule is C=CCn1c(C(C)(C)C)nc(-c2ccc(Br)cc2F)c1N. The Hall–Kier alpha value is -1.62. The van der Waals surface area contributed by atoms with E-state index in [-0.39, 0.29) is 11.2 Å². The first-order valence-corrected chi connectivity index (χ1v) is 7.47. The number of rotatable bonds is 3. The minimum absolute atomic E-state index is 0.193. The highest BCUT2D eigenvalue weighted by molar-refractivity contribution is 9.10. The van der Waals surface area contributed by atoms with Gasteiger partial charge in [0, 0.05) is 22.0 Å². The molecule has 2 aromatic rings. The molecule has 0 aliphatic carbocycles. The molecular weight excluding hydrogens is 333 g/mol. The molecule has 0 aliphatic rings. The van der Waals surface area contributed by atoms with Crippen molar-refractivity contribution in [2.24, 2.45) is 0 Å². The molecule has 0 saturated heterocycles. The third kappa shape index (κ3) is 3.02. The van der Waals surface area contributed by atoms with Crippen molar-refractivity contribution >= 4 is 21.7 Å². The number of nitrogens with two attached hydrogens (primary N) is 1. The van der Waals surface area contributed by atoms with E-state index in [1.807, 2.05) is 4.57 Å². The Balaban J connectivity index is 2.67. The molecule has 0 atom stereocenters. The highest BCUT2D eigenvalue weighted by Crippen LogP contribution is 2.34. The molecule has 0 fully saturated rings. The summed E-state index contributed by atoms with van der Waals surface area (Å²) in [6.45, 7) is 10.4. The number of allylic oxidation sites excluding steroid dienone is 1. The van der Waals surface area contributed by atoms with Crippen LogP contribution in [0.25, 0.3) is 11.3 Å². The molecule has 3 nitrogen and oxygen atoms in total. The lowest BCUT2D eigenvalue weighted by molar-refractivity contribution is 0.515. The molecule has 0 bridgehead atoms. The molecule has 21 heavy (non-hydrogen) atoms. The van der Waals surface area contributed by atoms with E-state index in [2.05, 4.69) is 48.3 Å². The van der Waals surface area contributed by atoms with E-state index in [1.165, 1.54) is 6.07 Å². The van der Waals surface area contributed by atoms with E-state index in [0.717, 1.165) is 5.82 Å². The van der Waals surface area contributed by atoms with Crippen molar-refractivity contribution in [2.75, 3.05) is 5.73 Å². The quantitative estimate of drug-likeness (QED) is 0.826. The van der Waals surface area contributed by atoms with Crippen molar-refractivity contribution in [2.45, 2.75) is 32.7 Å². The number of nitrogen functional groups attached to an aromatic ring is 1. The normalized spacial score (nSPS) is 11.7. The molecule has 1 aromatic heterocycles. The molecule has 2 rings (SSSR count). The van der Waals surface area contributed by atoms with Gasteiger partial charge in [-0.3, -0.25) is 0 Å². The number of aromatic nitrogens is 2. The predicted octanol–water partition coefficient (Wildman–Crippen LogP) is 4.52. The van der Waals surface area contributed by atoms with Crippen LogP contribution in [0.1, 0.15) is 26.6 Å². The standard InChI is InChI=1S/C16H19BrFN3/c1-5-8-21-14(19)13(20-15(21)16(2,3)4)11-7-6-10(17)9-12(11)18/h5-7,9H,1,8,19H2,2-4H3. The van der Waals surface area contributed by atoms with Gasteiger partial charge in [-0.25, -0.2) is 9.37 Å². The molecular formula is C16H19BrFN3. The highest BCUT2D eigenvalue weighted by atomic mass is 79.9. The summed E-state index contributed by atoms with van der Waals surface area (Å²) in [5, 5.41) is 0. The molecule has 5 heteroatoms. The van der Waals surface area contributed by atoms with Crippen LogP contribution in [0.4, 0.5) is 10.2 Å². The van der Waals surface area contributed by atoms with Gasteiger partial charge in [-0.05, 0) is 18.2 Å². The van der Waals surface area contributed by atoms with Crippen molar-refractivity contribution in [3.8, 4) is 11.3 Å². The molecule has 0 amide bonds. The molecule has 0 aliphatic heterocycles. The molecule has 0 unspecified atom stereocenters. The highest BCUT2D eigenvalue weighted by Gasteiger charge is 2.26. The second-order valence-corrected chi connectivity index (χ2v) is 6.86. The summed E-state index contributed by atoms with van der Waals surface area (Å²) < 4.78 is 16.7. The number of anilines is 1. The van der Waals surface area contributed by atoms with Crippen molar-refractivity contribution < 1.29 is 4.39 Å². The van der Waals surface area contributed by atoms with E-state index in [1.54, 1.807) is 18.2 Å². The summed E-state index contributed by atoms with van der Waals surface area (Å²) in [6.07, 6.45) is 1.76. The van der Waals surface area contributed by atoms with Crippen molar-refractivity contribution in [1.82, 2.24) is 9.55 Å². The molecule has 1 aromatic carbocycles. The maximum absolute atomic E-state index is 14.2. The number of benzene rings is 1. The van der Waals surface area contributed by atoms with Gasteiger partial charge in [0.05, 0.1) is 0 Å². The Bertz CT molecular complexity index is 684. The van der Waals surface area contributed by atoms with Gasteiger partial charge in [-0.15, -0.1) is 6.58 Å². The Morgan fingerprint density at radius 1 is 1.43 bits per heavy atom. The number of hydrogen-bond donors (Lipinski definition) is 1. The van der Waals surface area contributed by atoms with Gasteiger partial charge in [0.25, 0.3) is 0 Å². The maximum Gasteiger partial charge on any atom is 0.133 e. The first-order valence-electron chi connectivity index (χ1n) is 6.68. The Kier molecular flexibility index (Phi) is 4.23. The van der Waals surface area contributed by atoms with E-state index < -0.39 is 0 Å².